The molecule has 2 aliphatic heterocycles. The lowest BCUT2D eigenvalue weighted by Crippen LogP contribution is -2.32. The van der Waals surface area contributed by atoms with E-state index in [1.165, 1.54) is 31.3 Å². The van der Waals surface area contributed by atoms with Crippen molar-refractivity contribution >= 4 is 21.7 Å². The number of hydrogen-bond acceptors (Lipinski definition) is 2. The molecule has 0 saturated heterocycles. The number of fused-ring (bicyclic) bond motifs is 2. The third-order valence-electron chi connectivity index (χ3n) is 3.58. The van der Waals surface area contributed by atoms with Crippen LogP contribution >= 0.6 is 15.9 Å². The Morgan fingerprint density at radius 1 is 1.20 bits per heavy atom. The summed E-state index contributed by atoms with van der Waals surface area (Å²) in [4.78, 5) is 11.9. The number of rotatable bonds is 1. The van der Waals surface area contributed by atoms with Crippen LogP contribution in [-0.2, 0) is 9.53 Å². The Bertz CT molecular complexity index is 364. The first-order valence-electron chi connectivity index (χ1n) is 5.55. The topological polar surface area (TPSA) is 26.3 Å². The molecule has 0 aromatic heterocycles. The first-order chi connectivity index (χ1) is 7.27. The van der Waals surface area contributed by atoms with Gasteiger partial charge in [-0.05, 0) is 46.3 Å². The Labute approximate surface area is 97.5 Å². The maximum atomic E-state index is 11.9. The minimum atomic E-state index is -0.325. The van der Waals surface area contributed by atoms with Crippen molar-refractivity contribution in [2.75, 3.05) is 0 Å². The molecular formula is C12H13BrO2. The van der Waals surface area contributed by atoms with Gasteiger partial charge in [0.1, 0.15) is 6.10 Å². The number of ether oxygens (including phenoxy) is 1. The van der Waals surface area contributed by atoms with Crippen LogP contribution < -0.4 is 0 Å². The molecule has 0 N–H and O–H groups in total. The van der Waals surface area contributed by atoms with E-state index in [1.54, 1.807) is 0 Å². The predicted octanol–water partition coefficient (Wildman–Crippen LogP) is 2.73. The van der Waals surface area contributed by atoms with Gasteiger partial charge in [-0.25, -0.2) is 0 Å². The van der Waals surface area contributed by atoms with Gasteiger partial charge in [-0.2, -0.15) is 0 Å². The summed E-state index contributed by atoms with van der Waals surface area (Å²) >= 11 is 3.46. The molecule has 2 nitrogen and oxygen atoms in total. The highest BCUT2D eigenvalue weighted by Gasteiger charge is 2.40. The molecule has 3 rings (SSSR count). The van der Waals surface area contributed by atoms with Crippen LogP contribution in [0.15, 0.2) is 22.2 Å². The SMILES string of the molecule is O=C1C(Br)=C(C2CCCC2)[C@H]2C=C[C@@H]1O2. The Balaban J connectivity index is 2.00. The van der Waals surface area contributed by atoms with Crippen molar-refractivity contribution < 1.29 is 9.53 Å². The predicted molar refractivity (Wildman–Crippen MR) is 60.7 cm³/mol. The maximum absolute atomic E-state index is 11.9. The van der Waals surface area contributed by atoms with Crippen molar-refractivity contribution in [3.05, 3.63) is 22.2 Å². The van der Waals surface area contributed by atoms with Crippen LogP contribution in [-0.4, -0.2) is 18.0 Å². The summed E-state index contributed by atoms with van der Waals surface area (Å²) in [6.07, 6.45) is 8.62. The molecule has 3 aliphatic rings. The Morgan fingerprint density at radius 2 is 1.87 bits per heavy atom. The van der Waals surface area contributed by atoms with Crippen LogP contribution in [0.2, 0.25) is 0 Å². The summed E-state index contributed by atoms with van der Waals surface area (Å²) in [5.74, 6) is 0.652. The smallest absolute Gasteiger partial charge is 0.202 e. The molecule has 1 saturated carbocycles. The van der Waals surface area contributed by atoms with Crippen molar-refractivity contribution in [1.82, 2.24) is 0 Å². The van der Waals surface area contributed by atoms with Gasteiger partial charge in [-0.3, -0.25) is 4.79 Å². The second-order valence-electron chi connectivity index (χ2n) is 4.48. The van der Waals surface area contributed by atoms with Crippen molar-refractivity contribution in [2.45, 2.75) is 37.9 Å². The molecule has 80 valence electrons. The number of carbonyl (C=O) groups is 1. The van der Waals surface area contributed by atoms with Gasteiger partial charge < -0.3 is 4.74 Å². The van der Waals surface area contributed by atoms with Gasteiger partial charge in [0.2, 0.25) is 5.78 Å². The molecule has 0 radical (unpaired) electrons. The molecule has 2 heterocycles. The van der Waals surface area contributed by atoms with Gasteiger partial charge in [0, 0.05) is 0 Å². The number of carbonyl (C=O) groups excluding carboxylic acids is 1. The van der Waals surface area contributed by atoms with E-state index >= 15 is 0 Å². The fourth-order valence-corrected chi connectivity index (χ4v) is 3.59. The molecule has 0 aromatic rings. The highest BCUT2D eigenvalue weighted by Crippen LogP contribution is 2.42. The summed E-state index contributed by atoms with van der Waals surface area (Å²) in [6.45, 7) is 0. The molecular weight excluding hydrogens is 256 g/mol. The Morgan fingerprint density at radius 3 is 2.60 bits per heavy atom. The van der Waals surface area contributed by atoms with Crippen LogP contribution in [0.4, 0.5) is 0 Å². The largest absolute Gasteiger partial charge is 0.354 e. The highest BCUT2D eigenvalue weighted by molar-refractivity contribution is 9.12. The fraction of sp³-hybridized carbons (Fsp3) is 0.583. The monoisotopic (exact) mass is 268 g/mol. The molecule has 0 spiro atoms. The average molecular weight is 269 g/mol. The van der Waals surface area contributed by atoms with Crippen molar-refractivity contribution in [3.63, 3.8) is 0 Å². The van der Waals surface area contributed by atoms with Gasteiger partial charge >= 0.3 is 0 Å². The van der Waals surface area contributed by atoms with Gasteiger partial charge in [-0.1, -0.05) is 18.9 Å². The first-order valence-corrected chi connectivity index (χ1v) is 6.34. The second kappa shape index (κ2) is 3.56. The molecule has 0 aromatic carbocycles. The van der Waals surface area contributed by atoms with Crippen LogP contribution in [0, 0.1) is 5.92 Å². The zero-order valence-electron chi connectivity index (χ0n) is 8.41. The average Bonchev–Trinajstić information content (AvgIpc) is 2.85. The van der Waals surface area contributed by atoms with Crippen LogP contribution in [0.5, 0.6) is 0 Å². The van der Waals surface area contributed by atoms with E-state index in [2.05, 4.69) is 15.9 Å². The Kier molecular flexibility index (Phi) is 2.33. The normalized spacial score (nSPS) is 35.7. The second-order valence-corrected chi connectivity index (χ2v) is 5.27. The number of Topliss-reactive ketones (excluding diaryl/α,β-unsaturated/α-hetero) is 1. The van der Waals surface area contributed by atoms with E-state index in [4.69, 9.17) is 4.74 Å². The van der Waals surface area contributed by atoms with Crippen LogP contribution in [0.1, 0.15) is 25.7 Å². The molecule has 2 atom stereocenters. The molecule has 0 amide bonds. The van der Waals surface area contributed by atoms with Gasteiger partial charge in [0.15, 0.2) is 0 Å². The minimum Gasteiger partial charge on any atom is -0.354 e. The number of hydrogen-bond donors (Lipinski definition) is 0. The fourth-order valence-electron chi connectivity index (χ4n) is 2.82. The van der Waals surface area contributed by atoms with E-state index < -0.39 is 0 Å². The lowest BCUT2D eigenvalue weighted by molar-refractivity contribution is -0.124. The third-order valence-corrected chi connectivity index (χ3v) is 4.43. The van der Waals surface area contributed by atoms with Gasteiger partial charge in [-0.15, -0.1) is 0 Å². The zero-order chi connectivity index (χ0) is 10.4. The van der Waals surface area contributed by atoms with Crippen molar-refractivity contribution in [2.24, 2.45) is 5.92 Å². The molecule has 1 aliphatic carbocycles. The van der Waals surface area contributed by atoms with Crippen LogP contribution in [0.3, 0.4) is 0 Å². The number of ketones is 1. The lowest BCUT2D eigenvalue weighted by atomic mass is 9.91. The highest BCUT2D eigenvalue weighted by atomic mass is 79.9. The van der Waals surface area contributed by atoms with Crippen LogP contribution in [0.25, 0.3) is 0 Å². The molecule has 3 heteroatoms. The van der Waals surface area contributed by atoms with Gasteiger partial charge in [0.05, 0.1) is 10.6 Å². The quantitative estimate of drug-likeness (QED) is 0.684. The third kappa shape index (κ3) is 1.44. The summed E-state index contributed by atoms with van der Waals surface area (Å²) in [7, 11) is 0. The van der Waals surface area contributed by atoms with Gasteiger partial charge in [0.25, 0.3) is 0 Å². The summed E-state index contributed by atoms with van der Waals surface area (Å²) in [5, 5.41) is 0. The van der Waals surface area contributed by atoms with E-state index in [-0.39, 0.29) is 18.0 Å². The summed E-state index contributed by atoms with van der Waals surface area (Å²) < 4.78 is 6.45. The van der Waals surface area contributed by atoms with E-state index in [0.29, 0.717) is 5.92 Å². The standard InChI is InChI=1S/C12H13BrO2/c13-11-10(7-3-1-2-4-7)8-5-6-9(15-8)12(11)14/h5-9H,1-4H2/t8-,9+/m1/s1. The molecule has 2 bridgehead atoms. The lowest BCUT2D eigenvalue weighted by Gasteiger charge is -2.27. The minimum absolute atomic E-state index is 0.0603. The summed E-state index contributed by atoms with van der Waals surface area (Å²) in [6, 6.07) is 0. The van der Waals surface area contributed by atoms with E-state index in [1.807, 2.05) is 12.2 Å². The molecule has 1 fully saturated rings. The zero-order valence-corrected chi connectivity index (χ0v) is 10.00. The van der Waals surface area contributed by atoms with E-state index in [0.717, 1.165) is 4.48 Å². The maximum Gasteiger partial charge on any atom is 0.202 e. The van der Waals surface area contributed by atoms with Crippen molar-refractivity contribution in [1.29, 1.82) is 0 Å². The molecule has 0 unspecified atom stereocenters. The van der Waals surface area contributed by atoms with E-state index in [9.17, 15) is 4.79 Å². The summed E-state index contributed by atoms with van der Waals surface area (Å²) in [5.41, 5.74) is 1.20. The Hall–Kier alpha value is -0.410. The van der Waals surface area contributed by atoms with Crippen molar-refractivity contribution in [3.8, 4) is 0 Å². The number of halogens is 1. The first kappa shape index (κ1) is 9.79. The molecule has 15 heavy (non-hydrogen) atoms.